The SMILES string of the molecule is CCCCOCCCN1C(=O)C(CC)NC(=O)C1CC. The summed E-state index contributed by atoms with van der Waals surface area (Å²) in [6.45, 7) is 8.02. The monoisotopic (exact) mass is 284 g/mol. The molecule has 1 aliphatic rings. The van der Waals surface area contributed by atoms with Crippen molar-refractivity contribution in [2.45, 2.75) is 65.0 Å². The van der Waals surface area contributed by atoms with E-state index in [1.54, 1.807) is 4.90 Å². The summed E-state index contributed by atoms with van der Waals surface area (Å²) in [5.41, 5.74) is 0. The lowest BCUT2D eigenvalue weighted by Gasteiger charge is -2.38. The summed E-state index contributed by atoms with van der Waals surface area (Å²) in [6.07, 6.45) is 4.28. The molecule has 2 atom stereocenters. The lowest BCUT2D eigenvalue weighted by atomic mass is 10.0. The summed E-state index contributed by atoms with van der Waals surface area (Å²) in [7, 11) is 0. The molecule has 0 spiro atoms. The molecule has 2 amide bonds. The second-order valence-corrected chi connectivity index (χ2v) is 5.24. The highest BCUT2D eigenvalue weighted by Gasteiger charge is 2.38. The van der Waals surface area contributed by atoms with E-state index in [9.17, 15) is 9.59 Å². The smallest absolute Gasteiger partial charge is 0.245 e. The van der Waals surface area contributed by atoms with Crippen molar-refractivity contribution in [1.82, 2.24) is 10.2 Å². The number of piperazine rings is 1. The van der Waals surface area contributed by atoms with Crippen molar-refractivity contribution in [3.05, 3.63) is 0 Å². The zero-order valence-electron chi connectivity index (χ0n) is 13.0. The molecular weight excluding hydrogens is 256 g/mol. The highest BCUT2D eigenvalue weighted by Crippen LogP contribution is 2.15. The van der Waals surface area contributed by atoms with E-state index in [0.29, 0.717) is 26.0 Å². The van der Waals surface area contributed by atoms with Gasteiger partial charge in [-0.05, 0) is 25.7 Å². The average Bonchev–Trinajstić information content (AvgIpc) is 2.45. The van der Waals surface area contributed by atoms with E-state index < -0.39 is 0 Å². The van der Waals surface area contributed by atoms with Crippen LogP contribution in [-0.4, -0.2) is 48.6 Å². The first-order valence-electron chi connectivity index (χ1n) is 7.84. The number of rotatable bonds is 9. The van der Waals surface area contributed by atoms with Crippen LogP contribution in [0.2, 0.25) is 0 Å². The summed E-state index contributed by atoms with van der Waals surface area (Å²) >= 11 is 0. The molecule has 116 valence electrons. The second-order valence-electron chi connectivity index (χ2n) is 5.24. The summed E-state index contributed by atoms with van der Waals surface area (Å²) in [5.74, 6) is 0.0263. The molecule has 1 N–H and O–H groups in total. The summed E-state index contributed by atoms with van der Waals surface area (Å²) in [4.78, 5) is 26.0. The van der Waals surface area contributed by atoms with E-state index in [4.69, 9.17) is 4.74 Å². The molecule has 0 aliphatic carbocycles. The summed E-state index contributed by atoms with van der Waals surface area (Å²) < 4.78 is 5.51. The van der Waals surface area contributed by atoms with Crippen LogP contribution in [0.1, 0.15) is 52.9 Å². The van der Waals surface area contributed by atoms with E-state index in [0.717, 1.165) is 25.9 Å². The fraction of sp³-hybridized carbons (Fsp3) is 0.867. The third-order valence-electron chi connectivity index (χ3n) is 3.70. The largest absolute Gasteiger partial charge is 0.381 e. The Bertz CT molecular complexity index is 320. The van der Waals surface area contributed by atoms with Crippen LogP contribution in [0, 0.1) is 0 Å². The van der Waals surface area contributed by atoms with Gasteiger partial charge in [0, 0.05) is 19.8 Å². The van der Waals surface area contributed by atoms with Crippen LogP contribution in [0.4, 0.5) is 0 Å². The number of hydrogen-bond donors (Lipinski definition) is 1. The van der Waals surface area contributed by atoms with E-state index in [2.05, 4.69) is 12.2 Å². The molecule has 0 radical (unpaired) electrons. The zero-order chi connectivity index (χ0) is 15.0. The molecule has 0 saturated carbocycles. The van der Waals surface area contributed by atoms with Crippen molar-refractivity contribution in [3.63, 3.8) is 0 Å². The van der Waals surface area contributed by atoms with Crippen LogP contribution in [0.5, 0.6) is 0 Å². The predicted octanol–water partition coefficient (Wildman–Crippen LogP) is 1.71. The fourth-order valence-corrected chi connectivity index (χ4v) is 2.46. The maximum atomic E-state index is 12.3. The minimum atomic E-state index is -0.355. The van der Waals surface area contributed by atoms with Crippen LogP contribution < -0.4 is 5.32 Å². The molecule has 20 heavy (non-hydrogen) atoms. The fourth-order valence-electron chi connectivity index (χ4n) is 2.46. The average molecular weight is 284 g/mol. The third-order valence-corrected chi connectivity index (χ3v) is 3.70. The molecule has 1 heterocycles. The standard InChI is InChI=1S/C15H28N2O3/c1-4-7-10-20-11-8-9-17-13(6-3)14(18)16-12(5-2)15(17)19/h12-13H,4-11H2,1-3H3,(H,16,18). The van der Waals surface area contributed by atoms with Crippen molar-refractivity contribution in [1.29, 1.82) is 0 Å². The van der Waals surface area contributed by atoms with Gasteiger partial charge in [-0.1, -0.05) is 27.2 Å². The van der Waals surface area contributed by atoms with Gasteiger partial charge in [-0.15, -0.1) is 0 Å². The number of amides is 2. The van der Waals surface area contributed by atoms with Gasteiger partial charge in [0.1, 0.15) is 12.1 Å². The van der Waals surface area contributed by atoms with Crippen molar-refractivity contribution in [2.24, 2.45) is 0 Å². The maximum Gasteiger partial charge on any atom is 0.245 e. The van der Waals surface area contributed by atoms with Crippen LogP contribution >= 0.6 is 0 Å². The zero-order valence-corrected chi connectivity index (χ0v) is 13.0. The normalized spacial score (nSPS) is 23.1. The number of ether oxygens (including phenoxy) is 1. The Morgan fingerprint density at radius 2 is 1.80 bits per heavy atom. The van der Waals surface area contributed by atoms with Gasteiger partial charge in [-0.25, -0.2) is 0 Å². The number of unbranched alkanes of at least 4 members (excludes halogenated alkanes) is 1. The van der Waals surface area contributed by atoms with Crippen LogP contribution in [0.25, 0.3) is 0 Å². The molecule has 5 heteroatoms. The van der Waals surface area contributed by atoms with Crippen molar-refractivity contribution in [3.8, 4) is 0 Å². The molecule has 1 aliphatic heterocycles. The number of carbonyl (C=O) groups excluding carboxylic acids is 2. The van der Waals surface area contributed by atoms with Crippen molar-refractivity contribution < 1.29 is 14.3 Å². The Balaban J connectivity index is 2.45. The molecule has 1 rings (SSSR count). The van der Waals surface area contributed by atoms with Gasteiger partial charge < -0.3 is 15.0 Å². The Kier molecular flexibility index (Phi) is 7.59. The maximum absolute atomic E-state index is 12.3. The number of hydrogen-bond acceptors (Lipinski definition) is 3. The van der Waals surface area contributed by atoms with Gasteiger partial charge in [0.25, 0.3) is 0 Å². The Morgan fingerprint density at radius 3 is 2.40 bits per heavy atom. The molecule has 0 aromatic rings. The molecule has 1 fully saturated rings. The quantitative estimate of drug-likeness (QED) is 0.656. The second kappa shape index (κ2) is 8.95. The third kappa shape index (κ3) is 4.47. The molecule has 0 aromatic carbocycles. The Hall–Kier alpha value is -1.10. The molecule has 2 unspecified atom stereocenters. The van der Waals surface area contributed by atoms with Gasteiger partial charge >= 0.3 is 0 Å². The Labute approximate surface area is 122 Å². The minimum Gasteiger partial charge on any atom is -0.381 e. The molecule has 0 bridgehead atoms. The van der Waals surface area contributed by atoms with Crippen LogP contribution in [0.3, 0.4) is 0 Å². The van der Waals surface area contributed by atoms with E-state index in [-0.39, 0.29) is 23.9 Å². The van der Waals surface area contributed by atoms with E-state index >= 15 is 0 Å². The van der Waals surface area contributed by atoms with E-state index in [1.165, 1.54) is 0 Å². The van der Waals surface area contributed by atoms with Gasteiger partial charge in [0.15, 0.2) is 0 Å². The Morgan fingerprint density at radius 1 is 1.10 bits per heavy atom. The van der Waals surface area contributed by atoms with Crippen molar-refractivity contribution >= 4 is 11.8 Å². The van der Waals surface area contributed by atoms with Gasteiger partial charge in [0.2, 0.25) is 11.8 Å². The minimum absolute atomic E-state index is 0.0224. The highest BCUT2D eigenvalue weighted by atomic mass is 16.5. The first-order valence-corrected chi connectivity index (χ1v) is 7.84. The van der Waals surface area contributed by atoms with E-state index in [1.807, 2.05) is 13.8 Å². The van der Waals surface area contributed by atoms with Crippen molar-refractivity contribution in [2.75, 3.05) is 19.8 Å². The first-order chi connectivity index (χ1) is 9.65. The predicted molar refractivity (Wildman–Crippen MR) is 78.4 cm³/mol. The van der Waals surface area contributed by atoms with Crippen LogP contribution in [-0.2, 0) is 14.3 Å². The lowest BCUT2D eigenvalue weighted by Crippen LogP contribution is -2.63. The topological polar surface area (TPSA) is 58.6 Å². The number of carbonyl (C=O) groups is 2. The summed E-state index contributed by atoms with van der Waals surface area (Å²) in [6, 6.07) is -0.674. The van der Waals surface area contributed by atoms with Gasteiger partial charge in [-0.3, -0.25) is 9.59 Å². The summed E-state index contributed by atoms with van der Waals surface area (Å²) in [5, 5.41) is 2.80. The lowest BCUT2D eigenvalue weighted by molar-refractivity contribution is -0.149. The van der Waals surface area contributed by atoms with Gasteiger partial charge in [0.05, 0.1) is 0 Å². The van der Waals surface area contributed by atoms with Gasteiger partial charge in [-0.2, -0.15) is 0 Å². The number of nitrogens with zero attached hydrogens (tertiary/aromatic N) is 1. The highest BCUT2D eigenvalue weighted by molar-refractivity contribution is 5.96. The first kappa shape index (κ1) is 17.0. The molecule has 1 saturated heterocycles. The molecule has 0 aromatic heterocycles. The van der Waals surface area contributed by atoms with Crippen LogP contribution in [0.15, 0.2) is 0 Å². The molecule has 5 nitrogen and oxygen atoms in total. The number of nitrogens with one attached hydrogen (secondary N) is 1. The molecular formula is C15H28N2O3.